The predicted molar refractivity (Wildman–Crippen MR) is 105 cm³/mol. The topological polar surface area (TPSA) is 87.2 Å². The minimum absolute atomic E-state index is 0.178. The Hall–Kier alpha value is -3.74. The fourth-order valence-corrected chi connectivity index (χ4v) is 2.51. The van der Waals surface area contributed by atoms with Gasteiger partial charge in [-0.2, -0.15) is 0 Å². The van der Waals surface area contributed by atoms with Gasteiger partial charge in [-0.3, -0.25) is 9.59 Å². The number of rotatable bonds is 5. The van der Waals surface area contributed by atoms with Gasteiger partial charge in [0.15, 0.2) is 0 Å². The van der Waals surface area contributed by atoms with Gasteiger partial charge in [0.05, 0.1) is 0 Å². The van der Waals surface area contributed by atoms with E-state index in [-0.39, 0.29) is 17.5 Å². The Morgan fingerprint density at radius 1 is 0.889 bits per heavy atom. The largest absolute Gasteiger partial charge is 0.329 e. The standard InChI is InChI=1S/C20H19N5O2/c1-14(26)23-15-7-6-8-16(11-15)24-20(27)18-12-19(22-13-21-18)25(2)17-9-4-3-5-10-17/h3-13H,1-2H3,(H,23,26)(H,24,27). The molecule has 7 nitrogen and oxygen atoms in total. The lowest BCUT2D eigenvalue weighted by atomic mass is 10.2. The second kappa shape index (κ2) is 8.09. The van der Waals surface area contributed by atoms with Gasteiger partial charge >= 0.3 is 0 Å². The monoisotopic (exact) mass is 361 g/mol. The van der Waals surface area contributed by atoms with Crippen molar-refractivity contribution in [3.05, 3.63) is 72.7 Å². The number of benzene rings is 2. The molecule has 2 amide bonds. The molecule has 0 atom stereocenters. The second-order valence-corrected chi connectivity index (χ2v) is 5.87. The van der Waals surface area contributed by atoms with E-state index >= 15 is 0 Å². The van der Waals surface area contributed by atoms with Gasteiger partial charge < -0.3 is 15.5 Å². The number of aromatic nitrogens is 2. The minimum atomic E-state index is -0.361. The van der Waals surface area contributed by atoms with Crippen LogP contribution in [0.15, 0.2) is 67.0 Å². The zero-order valence-electron chi connectivity index (χ0n) is 15.0. The van der Waals surface area contributed by atoms with Crippen molar-refractivity contribution in [1.29, 1.82) is 0 Å². The molecule has 0 saturated carbocycles. The zero-order chi connectivity index (χ0) is 19.2. The Kier molecular flexibility index (Phi) is 5.41. The summed E-state index contributed by atoms with van der Waals surface area (Å²) in [4.78, 5) is 33.9. The molecule has 7 heteroatoms. The molecule has 2 aromatic carbocycles. The van der Waals surface area contributed by atoms with Crippen LogP contribution in [0.1, 0.15) is 17.4 Å². The van der Waals surface area contributed by atoms with Crippen molar-refractivity contribution in [2.24, 2.45) is 0 Å². The highest BCUT2D eigenvalue weighted by Crippen LogP contribution is 2.21. The van der Waals surface area contributed by atoms with Crippen molar-refractivity contribution >= 4 is 34.7 Å². The summed E-state index contributed by atoms with van der Waals surface area (Å²) in [6.45, 7) is 1.43. The van der Waals surface area contributed by atoms with Crippen LogP contribution in [0.2, 0.25) is 0 Å². The quantitative estimate of drug-likeness (QED) is 0.727. The van der Waals surface area contributed by atoms with Gasteiger partial charge in [0.2, 0.25) is 5.91 Å². The zero-order valence-corrected chi connectivity index (χ0v) is 15.0. The lowest BCUT2D eigenvalue weighted by Gasteiger charge is -2.18. The van der Waals surface area contributed by atoms with E-state index in [4.69, 9.17) is 0 Å². The first kappa shape index (κ1) is 18.1. The SMILES string of the molecule is CC(=O)Nc1cccc(NC(=O)c2cc(N(C)c3ccccc3)ncn2)c1. The number of amides is 2. The van der Waals surface area contributed by atoms with Gasteiger partial charge in [0.1, 0.15) is 17.8 Å². The summed E-state index contributed by atoms with van der Waals surface area (Å²) in [6.07, 6.45) is 1.36. The molecule has 27 heavy (non-hydrogen) atoms. The summed E-state index contributed by atoms with van der Waals surface area (Å²) in [6, 6.07) is 18.2. The maximum atomic E-state index is 12.6. The van der Waals surface area contributed by atoms with Crippen LogP contribution < -0.4 is 15.5 Å². The average molecular weight is 361 g/mol. The Morgan fingerprint density at radius 3 is 2.30 bits per heavy atom. The number of carbonyl (C=O) groups is 2. The van der Waals surface area contributed by atoms with Crippen molar-refractivity contribution in [3.8, 4) is 0 Å². The summed E-state index contributed by atoms with van der Waals surface area (Å²) < 4.78 is 0. The smallest absolute Gasteiger partial charge is 0.274 e. The summed E-state index contributed by atoms with van der Waals surface area (Å²) >= 11 is 0. The Morgan fingerprint density at radius 2 is 1.59 bits per heavy atom. The predicted octanol–water partition coefficient (Wildman–Crippen LogP) is 3.46. The summed E-state index contributed by atoms with van der Waals surface area (Å²) in [5.74, 6) is 0.0660. The van der Waals surface area contributed by atoms with E-state index in [2.05, 4.69) is 20.6 Å². The lowest BCUT2D eigenvalue weighted by Crippen LogP contribution is -2.17. The molecule has 3 aromatic rings. The molecule has 2 N–H and O–H groups in total. The van der Waals surface area contributed by atoms with Crippen molar-refractivity contribution < 1.29 is 9.59 Å². The molecule has 0 bridgehead atoms. The van der Waals surface area contributed by atoms with Crippen molar-refractivity contribution in [2.75, 3.05) is 22.6 Å². The maximum Gasteiger partial charge on any atom is 0.274 e. The number of anilines is 4. The highest BCUT2D eigenvalue weighted by Gasteiger charge is 2.12. The molecule has 0 fully saturated rings. The van der Waals surface area contributed by atoms with Crippen LogP contribution in [0.25, 0.3) is 0 Å². The van der Waals surface area contributed by atoms with Crippen molar-refractivity contribution in [1.82, 2.24) is 9.97 Å². The summed E-state index contributed by atoms with van der Waals surface area (Å²) in [7, 11) is 1.87. The molecule has 0 spiro atoms. The molecule has 0 aliphatic carbocycles. The fraction of sp³-hybridized carbons (Fsp3) is 0.100. The molecule has 1 heterocycles. The van der Waals surface area contributed by atoms with Gasteiger partial charge in [0, 0.05) is 37.1 Å². The Balaban J connectivity index is 1.77. The van der Waals surface area contributed by atoms with Gasteiger partial charge in [-0.05, 0) is 30.3 Å². The molecular formula is C20H19N5O2. The molecule has 3 rings (SSSR count). The van der Waals surface area contributed by atoms with Crippen molar-refractivity contribution in [3.63, 3.8) is 0 Å². The molecule has 0 aliphatic rings. The third-order valence-corrected chi connectivity index (χ3v) is 3.81. The van der Waals surface area contributed by atoms with Crippen LogP contribution in [0.4, 0.5) is 22.9 Å². The van der Waals surface area contributed by atoms with Crippen LogP contribution in [0.3, 0.4) is 0 Å². The second-order valence-electron chi connectivity index (χ2n) is 5.87. The van der Waals surface area contributed by atoms with Crippen molar-refractivity contribution in [2.45, 2.75) is 6.92 Å². The average Bonchev–Trinajstić information content (AvgIpc) is 2.68. The number of nitrogens with one attached hydrogen (secondary N) is 2. The number of para-hydroxylation sites is 1. The van der Waals surface area contributed by atoms with E-state index in [1.807, 2.05) is 42.3 Å². The number of carbonyl (C=O) groups excluding carboxylic acids is 2. The highest BCUT2D eigenvalue weighted by molar-refractivity contribution is 6.03. The third-order valence-electron chi connectivity index (χ3n) is 3.81. The number of hydrogen-bond donors (Lipinski definition) is 2. The van der Waals surface area contributed by atoms with Crippen LogP contribution in [0.5, 0.6) is 0 Å². The molecular weight excluding hydrogens is 342 g/mol. The van der Waals surface area contributed by atoms with Crippen LogP contribution >= 0.6 is 0 Å². The highest BCUT2D eigenvalue weighted by atomic mass is 16.2. The van der Waals surface area contributed by atoms with E-state index < -0.39 is 0 Å². The van der Waals surface area contributed by atoms with Gasteiger partial charge in [-0.1, -0.05) is 24.3 Å². The minimum Gasteiger partial charge on any atom is -0.329 e. The number of hydrogen-bond acceptors (Lipinski definition) is 5. The maximum absolute atomic E-state index is 12.6. The van der Waals surface area contributed by atoms with E-state index in [0.29, 0.717) is 17.2 Å². The van der Waals surface area contributed by atoms with E-state index in [9.17, 15) is 9.59 Å². The van der Waals surface area contributed by atoms with Crippen LogP contribution in [-0.2, 0) is 4.79 Å². The first-order valence-electron chi connectivity index (χ1n) is 8.33. The molecule has 0 unspecified atom stereocenters. The van der Waals surface area contributed by atoms with Gasteiger partial charge in [-0.25, -0.2) is 9.97 Å². The Bertz CT molecular complexity index is 959. The molecule has 0 saturated heterocycles. The Labute approximate surface area is 157 Å². The molecule has 1 aromatic heterocycles. The van der Waals surface area contributed by atoms with E-state index in [0.717, 1.165) is 5.69 Å². The normalized spacial score (nSPS) is 10.1. The first-order chi connectivity index (χ1) is 13.0. The number of nitrogens with zero attached hydrogens (tertiary/aromatic N) is 3. The molecule has 0 aliphatic heterocycles. The van der Waals surface area contributed by atoms with Gasteiger partial charge in [0.25, 0.3) is 5.91 Å². The third kappa shape index (κ3) is 4.66. The van der Waals surface area contributed by atoms with Crippen LogP contribution in [0, 0.1) is 0 Å². The summed E-state index contributed by atoms with van der Waals surface area (Å²) in [5, 5.41) is 5.46. The first-order valence-corrected chi connectivity index (χ1v) is 8.33. The lowest BCUT2D eigenvalue weighted by molar-refractivity contribution is -0.114. The van der Waals surface area contributed by atoms with Gasteiger partial charge in [-0.15, -0.1) is 0 Å². The van der Waals surface area contributed by atoms with E-state index in [1.54, 1.807) is 30.3 Å². The molecule has 0 radical (unpaired) electrons. The summed E-state index contributed by atoms with van der Waals surface area (Å²) in [5.41, 5.74) is 2.36. The fourth-order valence-electron chi connectivity index (χ4n) is 2.51. The van der Waals surface area contributed by atoms with Crippen LogP contribution in [-0.4, -0.2) is 28.8 Å². The molecule has 136 valence electrons. The van der Waals surface area contributed by atoms with E-state index in [1.165, 1.54) is 13.3 Å².